The first kappa shape index (κ1) is 23.6. The van der Waals surface area contributed by atoms with E-state index < -0.39 is 0 Å². The Balaban J connectivity index is 1.19. The molecule has 1 aliphatic rings. The van der Waals surface area contributed by atoms with Gasteiger partial charge >= 0.3 is 0 Å². The van der Waals surface area contributed by atoms with E-state index in [9.17, 15) is 9.59 Å². The van der Waals surface area contributed by atoms with Crippen molar-refractivity contribution in [2.24, 2.45) is 11.8 Å². The Kier molecular flexibility index (Phi) is 6.71. The molecule has 184 valence electrons. The highest BCUT2D eigenvalue weighted by atomic mass is 16.5. The number of hydrogen-bond acceptors (Lipinski definition) is 5. The summed E-state index contributed by atoms with van der Waals surface area (Å²) in [4.78, 5) is 32.4. The first-order chi connectivity index (χ1) is 17.5. The molecule has 1 atom stereocenters. The molecule has 0 spiro atoms. The Labute approximate surface area is 210 Å². The third-order valence-electron chi connectivity index (χ3n) is 6.96. The number of carbonyl (C=O) groups is 2. The lowest BCUT2D eigenvalue weighted by molar-refractivity contribution is -0.121. The van der Waals surface area contributed by atoms with Crippen molar-refractivity contribution in [3.8, 4) is 17.2 Å². The Morgan fingerprint density at radius 2 is 1.75 bits per heavy atom. The van der Waals surface area contributed by atoms with Gasteiger partial charge in [0.05, 0.1) is 7.11 Å². The lowest BCUT2D eigenvalue weighted by atomic mass is 9.84. The van der Waals surface area contributed by atoms with E-state index in [1.165, 1.54) is 0 Å². The van der Waals surface area contributed by atoms with E-state index in [-0.39, 0.29) is 23.7 Å². The zero-order chi connectivity index (χ0) is 25.1. The van der Waals surface area contributed by atoms with Crippen LogP contribution in [0.15, 0.2) is 77.2 Å². The van der Waals surface area contributed by atoms with E-state index in [1.54, 1.807) is 25.3 Å². The van der Waals surface area contributed by atoms with Gasteiger partial charge in [-0.1, -0.05) is 25.1 Å². The number of piperidine rings is 1. The number of carbonyl (C=O) groups excluding carboxylic acids is 2. The van der Waals surface area contributed by atoms with Crippen LogP contribution in [0.25, 0.3) is 22.6 Å². The second-order valence-electron chi connectivity index (χ2n) is 9.20. The maximum absolute atomic E-state index is 13.2. The van der Waals surface area contributed by atoms with E-state index in [4.69, 9.17) is 9.15 Å². The van der Waals surface area contributed by atoms with E-state index in [1.807, 2.05) is 66.4 Å². The Bertz CT molecular complexity index is 1360. The van der Waals surface area contributed by atoms with Crippen LogP contribution in [-0.2, 0) is 4.79 Å². The summed E-state index contributed by atoms with van der Waals surface area (Å²) in [5, 5.41) is 2.99. The third-order valence-corrected chi connectivity index (χ3v) is 6.96. The maximum atomic E-state index is 13.2. The largest absolute Gasteiger partial charge is 0.497 e. The number of aromatic nitrogens is 1. The Morgan fingerprint density at radius 1 is 1.03 bits per heavy atom. The molecule has 0 radical (unpaired) electrons. The molecule has 0 saturated carbocycles. The fraction of sp³-hybridized carbons (Fsp3) is 0.276. The minimum absolute atomic E-state index is 0.00403. The number of benzene rings is 3. The molecular formula is C29H29N3O4. The maximum Gasteiger partial charge on any atom is 0.253 e. The fourth-order valence-electron chi connectivity index (χ4n) is 4.69. The van der Waals surface area contributed by atoms with Crippen LogP contribution < -0.4 is 10.1 Å². The average molecular weight is 484 g/mol. The first-order valence-corrected chi connectivity index (χ1v) is 12.2. The van der Waals surface area contributed by atoms with Crippen molar-refractivity contribution in [3.63, 3.8) is 0 Å². The van der Waals surface area contributed by atoms with Gasteiger partial charge < -0.3 is 19.4 Å². The molecule has 5 rings (SSSR count). The van der Waals surface area contributed by atoms with E-state index in [2.05, 4.69) is 10.3 Å². The van der Waals surface area contributed by atoms with Crippen LogP contribution in [0.5, 0.6) is 5.75 Å². The number of methoxy groups -OCH3 is 1. The summed E-state index contributed by atoms with van der Waals surface area (Å²) in [6.07, 6.45) is 1.57. The number of nitrogens with zero attached hydrogens (tertiary/aromatic N) is 2. The molecule has 7 nitrogen and oxygen atoms in total. The molecule has 36 heavy (non-hydrogen) atoms. The van der Waals surface area contributed by atoms with Crippen molar-refractivity contribution in [1.82, 2.24) is 9.88 Å². The third kappa shape index (κ3) is 4.96. The quantitative estimate of drug-likeness (QED) is 0.384. The number of ether oxygens (including phenoxy) is 1. The van der Waals surface area contributed by atoms with Crippen LogP contribution in [0.2, 0.25) is 0 Å². The molecule has 2 heterocycles. The van der Waals surface area contributed by atoms with Crippen molar-refractivity contribution < 1.29 is 18.7 Å². The zero-order valence-electron chi connectivity index (χ0n) is 20.4. The molecule has 2 amide bonds. The molecule has 1 N–H and O–H groups in total. The Hall–Kier alpha value is -4.13. The second kappa shape index (κ2) is 10.2. The lowest BCUT2D eigenvalue weighted by Gasteiger charge is -2.34. The fourth-order valence-corrected chi connectivity index (χ4v) is 4.69. The van der Waals surface area contributed by atoms with Crippen molar-refractivity contribution in [2.45, 2.75) is 19.8 Å². The molecule has 1 unspecified atom stereocenters. The smallest absolute Gasteiger partial charge is 0.253 e. The molecule has 3 aromatic carbocycles. The predicted octanol–water partition coefficient (Wildman–Crippen LogP) is 5.63. The van der Waals surface area contributed by atoms with Gasteiger partial charge in [-0.2, -0.15) is 0 Å². The monoisotopic (exact) mass is 483 g/mol. The SMILES string of the molecule is COc1ccc(NC(=O)C(C)C2CCN(C(=O)c3ccc4oc(-c5ccccc5)nc4c3)CC2)cc1. The van der Waals surface area contributed by atoms with Gasteiger partial charge in [-0.25, -0.2) is 4.98 Å². The van der Waals surface area contributed by atoms with E-state index in [0.717, 1.165) is 29.8 Å². The van der Waals surface area contributed by atoms with Gasteiger partial charge in [0, 0.05) is 35.8 Å². The second-order valence-corrected chi connectivity index (χ2v) is 9.20. The zero-order valence-corrected chi connectivity index (χ0v) is 20.4. The number of amides is 2. The highest BCUT2D eigenvalue weighted by Gasteiger charge is 2.30. The molecule has 1 aliphatic heterocycles. The lowest BCUT2D eigenvalue weighted by Crippen LogP contribution is -2.41. The molecule has 1 aromatic heterocycles. The van der Waals surface area contributed by atoms with Crippen LogP contribution in [0, 0.1) is 11.8 Å². The average Bonchev–Trinajstić information content (AvgIpc) is 3.37. The normalized spacial score (nSPS) is 15.0. The van der Waals surface area contributed by atoms with Crippen LogP contribution in [-0.4, -0.2) is 41.9 Å². The molecule has 0 bridgehead atoms. The van der Waals surface area contributed by atoms with Gasteiger partial charge in [-0.05, 0) is 73.4 Å². The van der Waals surface area contributed by atoms with Crippen LogP contribution >= 0.6 is 0 Å². The highest BCUT2D eigenvalue weighted by molar-refractivity contribution is 5.97. The van der Waals surface area contributed by atoms with Crippen LogP contribution in [0.1, 0.15) is 30.1 Å². The van der Waals surface area contributed by atoms with Gasteiger partial charge in [-0.15, -0.1) is 0 Å². The molecular weight excluding hydrogens is 454 g/mol. The molecule has 4 aromatic rings. The van der Waals surface area contributed by atoms with Crippen molar-refractivity contribution in [3.05, 3.63) is 78.4 Å². The minimum atomic E-state index is -0.146. The number of fused-ring (bicyclic) bond motifs is 1. The van der Waals surface area contributed by atoms with E-state index >= 15 is 0 Å². The summed E-state index contributed by atoms with van der Waals surface area (Å²) in [7, 11) is 1.61. The topological polar surface area (TPSA) is 84.7 Å². The minimum Gasteiger partial charge on any atom is -0.497 e. The molecule has 7 heteroatoms. The number of rotatable bonds is 6. The summed E-state index contributed by atoms with van der Waals surface area (Å²) in [5.41, 5.74) is 3.56. The standard InChI is InChI=1S/C29H29N3O4/c1-19(27(33)30-23-9-11-24(35-2)12-10-23)20-14-16-32(17-15-20)29(34)22-8-13-26-25(18-22)31-28(36-26)21-6-4-3-5-7-21/h3-13,18-20H,14-17H2,1-2H3,(H,30,33). The van der Waals surface area contributed by atoms with Crippen molar-refractivity contribution in [2.75, 3.05) is 25.5 Å². The summed E-state index contributed by atoms with van der Waals surface area (Å²) in [5.74, 6) is 1.34. The molecule has 1 fully saturated rings. The summed E-state index contributed by atoms with van der Waals surface area (Å²) < 4.78 is 11.0. The number of likely N-dealkylation sites (tertiary alicyclic amines) is 1. The predicted molar refractivity (Wildman–Crippen MR) is 139 cm³/mol. The van der Waals surface area contributed by atoms with Crippen LogP contribution in [0.4, 0.5) is 5.69 Å². The summed E-state index contributed by atoms with van der Waals surface area (Å²) in [6, 6.07) is 22.4. The molecule has 1 saturated heterocycles. The van der Waals surface area contributed by atoms with E-state index in [0.29, 0.717) is 35.6 Å². The van der Waals surface area contributed by atoms with Gasteiger partial charge in [0.2, 0.25) is 11.8 Å². The Morgan fingerprint density at radius 3 is 2.44 bits per heavy atom. The van der Waals surface area contributed by atoms with Crippen molar-refractivity contribution >= 4 is 28.6 Å². The first-order valence-electron chi connectivity index (χ1n) is 12.2. The van der Waals surface area contributed by atoms with Crippen LogP contribution in [0.3, 0.4) is 0 Å². The van der Waals surface area contributed by atoms with Gasteiger partial charge in [0.25, 0.3) is 5.91 Å². The number of nitrogens with one attached hydrogen (secondary N) is 1. The number of oxazole rings is 1. The molecule has 0 aliphatic carbocycles. The highest BCUT2D eigenvalue weighted by Crippen LogP contribution is 2.29. The van der Waals surface area contributed by atoms with Gasteiger partial charge in [-0.3, -0.25) is 9.59 Å². The number of anilines is 1. The van der Waals surface area contributed by atoms with Gasteiger partial charge in [0.15, 0.2) is 5.58 Å². The summed E-state index contributed by atoms with van der Waals surface area (Å²) >= 11 is 0. The number of hydrogen-bond donors (Lipinski definition) is 1. The van der Waals surface area contributed by atoms with Crippen molar-refractivity contribution in [1.29, 1.82) is 0 Å². The summed E-state index contributed by atoms with van der Waals surface area (Å²) in [6.45, 7) is 3.20. The van der Waals surface area contributed by atoms with Gasteiger partial charge in [0.1, 0.15) is 11.3 Å².